The fraction of sp³-hybridized carbons (Fsp3) is 0. The maximum atomic E-state index is 12.3. The SMILES string of the molecule is O=C1/C(=C/c2ccc(-c3ccccc3Cl)o2)Oc2c1ccc(O)c2O. The largest absolute Gasteiger partial charge is 0.504 e. The van der Waals surface area contributed by atoms with Gasteiger partial charge in [-0.15, -0.1) is 0 Å². The molecule has 1 aliphatic heterocycles. The molecule has 2 aromatic carbocycles. The zero-order chi connectivity index (χ0) is 17.6. The van der Waals surface area contributed by atoms with Crippen molar-refractivity contribution in [1.29, 1.82) is 0 Å². The van der Waals surface area contributed by atoms with E-state index in [1.165, 1.54) is 18.2 Å². The fourth-order valence-corrected chi connectivity index (χ4v) is 2.82. The molecule has 0 unspecified atom stereocenters. The second-order valence-corrected chi connectivity index (χ2v) is 5.84. The maximum absolute atomic E-state index is 12.3. The summed E-state index contributed by atoms with van der Waals surface area (Å²) in [6.07, 6.45) is 1.43. The molecule has 1 aliphatic rings. The van der Waals surface area contributed by atoms with Crippen molar-refractivity contribution in [2.75, 3.05) is 0 Å². The molecule has 3 aromatic rings. The van der Waals surface area contributed by atoms with Gasteiger partial charge in [0.15, 0.2) is 17.3 Å². The zero-order valence-electron chi connectivity index (χ0n) is 12.7. The van der Waals surface area contributed by atoms with Crippen molar-refractivity contribution in [3.8, 4) is 28.6 Å². The van der Waals surface area contributed by atoms with Crippen LogP contribution in [0.15, 0.2) is 58.7 Å². The third-order valence-corrected chi connectivity index (χ3v) is 4.16. The minimum absolute atomic E-state index is 0.00374. The van der Waals surface area contributed by atoms with Crippen LogP contribution >= 0.6 is 11.6 Å². The molecule has 0 bridgehead atoms. The van der Waals surface area contributed by atoms with Crippen molar-refractivity contribution < 1.29 is 24.2 Å². The number of aromatic hydroxyl groups is 2. The second-order valence-electron chi connectivity index (χ2n) is 5.43. The number of halogens is 1. The average molecular weight is 355 g/mol. The molecule has 0 fully saturated rings. The lowest BCUT2D eigenvalue weighted by Gasteiger charge is -2.02. The van der Waals surface area contributed by atoms with Gasteiger partial charge in [0.2, 0.25) is 11.5 Å². The molecule has 1 aromatic heterocycles. The number of ketones is 1. The van der Waals surface area contributed by atoms with E-state index in [1.807, 2.05) is 18.2 Å². The average Bonchev–Trinajstić information content (AvgIpc) is 3.18. The Balaban J connectivity index is 1.68. The summed E-state index contributed by atoms with van der Waals surface area (Å²) in [5.41, 5.74) is 0.915. The smallest absolute Gasteiger partial charge is 0.232 e. The van der Waals surface area contributed by atoms with Gasteiger partial charge in [0, 0.05) is 11.6 Å². The van der Waals surface area contributed by atoms with E-state index in [-0.39, 0.29) is 22.8 Å². The maximum Gasteiger partial charge on any atom is 0.232 e. The molecule has 4 rings (SSSR count). The minimum atomic E-state index is -0.467. The predicted octanol–water partition coefficient (Wildman–Crippen LogP) is 4.63. The van der Waals surface area contributed by atoms with Crippen molar-refractivity contribution in [1.82, 2.24) is 0 Å². The number of rotatable bonds is 2. The van der Waals surface area contributed by atoms with Crippen LogP contribution in [0.3, 0.4) is 0 Å². The summed E-state index contributed by atoms with van der Waals surface area (Å²) in [5.74, 6) is -0.334. The molecule has 2 heterocycles. The first-order valence-corrected chi connectivity index (χ1v) is 7.76. The first kappa shape index (κ1) is 15.4. The van der Waals surface area contributed by atoms with Crippen LogP contribution < -0.4 is 4.74 Å². The number of furan rings is 1. The summed E-state index contributed by atoms with van der Waals surface area (Å²) >= 11 is 6.15. The molecule has 0 aliphatic carbocycles. The van der Waals surface area contributed by atoms with Gasteiger partial charge in [-0.05, 0) is 36.4 Å². The molecule has 0 radical (unpaired) electrons. The number of allylic oxidation sites excluding steroid dienone is 1. The lowest BCUT2D eigenvalue weighted by Crippen LogP contribution is -1.97. The molecular formula is C19H11ClO5. The second kappa shape index (κ2) is 5.72. The van der Waals surface area contributed by atoms with Crippen LogP contribution in [0.4, 0.5) is 0 Å². The third-order valence-electron chi connectivity index (χ3n) is 3.83. The Morgan fingerprint density at radius 1 is 0.960 bits per heavy atom. The highest BCUT2D eigenvalue weighted by atomic mass is 35.5. The Kier molecular flexibility index (Phi) is 3.51. The van der Waals surface area contributed by atoms with Gasteiger partial charge in [-0.2, -0.15) is 0 Å². The van der Waals surface area contributed by atoms with E-state index in [4.69, 9.17) is 20.8 Å². The number of phenolic OH excluding ortho intramolecular Hbond substituents is 2. The van der Waals surface area contributed by atoms with Crippen LogP contribution in [-0.2, 0) is 0 Å². The van der Waals surface area contributed by atoms with Gasteiger partial charge in [0.05, 0.1) is 10.6 Å². The van der Waals surface area contributed by atoms with Crippen LogP contribution in [0, 0.1) is 0 Å². The number of fused-ring (bicyclic) bond motifs is 1. The highest BCUT2D eigenvalue weighted by molar-refractivity contribution is 6.33. The Hall–Kier alpha value is -3.18. The Labute approximate surface area is 147 Å². The van der Waals surface area contributed by atoms with Crippen LogP contribution in [0.25, 0.3) is 17.4 Å². The number of carbonyl (C=O) groups is 1. The van der Waals surface area contributed by atoms with Crippen LogP contribution in [-0.4, -0.2) is 16.0 Å². The predicted molar refractivity (Wildman–Crippen MR) is 91.9 cm³/mol. The minimum Gasteiger partial charge on any atom is -0.504 e. The summed E-state index contributed by atoms with van der Waals surface area (Å²) < 4.78 is 11.1. The van der Waals surface area contributed by atoms with Gasteiger partial charge in [0.25, 0.3) is 0 Å². The monoisotopic (exact) mass is 354 g/mol. The van der Waals surface area contributed by atoms with E-state index in [2.05, 4.69) is 0 Å². The molecule has 124 valence electrons. The van der Waals surface area contributed by atoms with Gasteiger partial charge in [-0.3, -0.25) is 4.79 Å². The molecule has 25 heavy (non-hydrogen) atoms. The number of benzene rings is 2. The molecular weight excluding hydrogens is 344 g/mol. The first-order chi connectivity index (χ1) is 12.0. The Morgan fingerprint density at radius 3 is 2.56 bits per heavy atom. The highest BCUT2D eigenvalue weighted by Gasteiger charge is 2.31. The van der Waals surface area contributed by atoms with E-state index < -0.39 is 11.5 Å². The number of carbonyl (C=O) groups excluding carboxylic acids is 1. The van der Waals surface area contributed by atoms with Crippen LogP contribution in [0.1, 0.15) is 16.1 Å². The van der Waals surface area contributed by atoms with Crippen LogP contribution in [0.2, 0.25) is 5.02 Å². The highest BCUT2D eigenvalue weighted by Crippen LogP contribution is 2.44. The standard InChI is InChI=1S/C19H11ClO5/c20-13-4-2-1-3-11(13)15-8-5-10(24-15)9-16-17(22)12-6-7-14(21)18(23)19(12)25-16/h1-9,21,23H/b16-9-. The van der Waals surface area contributed by atoms with Crippen molar-refractivity contribution in [2.45, 2.75) is 0 Å². The van der Waals surface area contributed by atoms with Crippen molar-refractivity contribution in [3.05, 3.63) is 70.6 Å². The van der Waals surface area contributed by atoms with E-state index >= 15 is 0 Å². The van der Waals surface area contributed by atoms with E-state index in [9.17, 15) is 15.0 Å². The lowest BCUT2D eigenvalue weighted by atomic mass is 10.1. The summed E-state index contributed by atoms with van der Waals surface area (Å²) in [4.78, 5) is 12.3. The topological polar surface area (TPSA) is 79.9 Å². The molecule has 0 saturated carbocycles. The molecule has 0 saturated heterocycles. The number of Topliss-reactive ketones (excluding diaryl/α,β-unsaturated/α-hetero) is 1. The van der Waals surface area contributed by atoms with Crippen LogP contribution in [0.5, 0.6) is 17.2 Å². The summed E-state index contributed by atoms with van der Waals surface area (Å²) in [5, 5.41) is 19.9. The zero-order valence-corrected chi connectivity index (χ0v) is 13.4. The van der Waals surface area contributed by atoms with Gasteiger partial charge < -0.3 is 19.4 Å². The van der Waals surface area contributed by atoms with Gasteiger partial charge in [0.1, 0.15) is 11.5 Å². The molecule has 6 heteroatoms. The number of ether oxygens (including phenoxy) is 1. The fourth-order valence-electron chi connectivity index (χ4n) is 2.59. The van der Waals surface area contributed by atoms with E-state index in [0.717, 1.165) is 5.56 Å². The normalized spacial score (nSPS) is 14.6. The van der Waals surface area contributed by atoms with Crippen molar-refractivity contribution in [3.63, 3.8) is 0 Å². The van der Waals surface area contributed by atoms with Crippen molar-refractivity contribution in [2.24, 2.45) is 0 Å². The number of phenols is 2. The Bertz CT molecular complexity index is 1030. The van der Waals surface area contributed by atoms with E-state index in [0.29, 0.717) is 16.5 Å². The van der Waals surface area contributed by atoms with Crippen molar-refractivity contribution >= 4 is 23.5 Å². The molecule has 5 nitrogen and oxygen atoms in total. The first-order valence-electron chi connectivity index (χ1n) is 7.38. The van der Waals surface area contributed by atoms with Gasteiger partial charge in [-0.25, -0.2) is 0 Å². The number of hydrogen-bond acceptors (Lipinski definition) is 5. The summed E-state index contributed by atoms with van der Waals surface area (Å²) in [6, 6.07) is 13.3. The summed E-state index contributed by atoms with van der Waals surface area (Å²) in [6.45, 7) is 0. The lowest BCUT2D eigenvalue weighted by molar-refractivity contribution is 0.101. The molecule has 0 atom stereocenters. The van der Waals surface area contributed by atoms with Gasteiger partial charge in [-0.1, -0.05) is 23.7 Å². The van der Waals surface area contributed by atoms with E-state index in [1.54, 1.807) is 18.2 Å². The quantitative estimate of drug-likeness (QED) is 0.518. The Morgan fingerprint density at radius 2 is 1.76 bits per heavy atom. The summed E-state index contributed by atoms with van der Waals surface area (Å²) in [7, 11) is 0. The molecule has 0 spiro atoms. The number of hydrogen-bond donors (Lipinski definition) is 2. The van der Waals surface area contributed by atoms with Gasteiger partial charge >= 0.3 is 0 Å². The molecule has 0 amide bonds. The molecule has 2 N–H and O–H groups in total. The third kappa shape index (κ3) is 2.55.